The zero-order valence-electron chi connectivity index (χ0n) is 23.0. The predicted octanol–water partition coefficient (Wildman–Crippen LogP) is -1.37. The third-order valence-electron chi connectivity index (χ3n) is 8.45. The number of rotatable bonds is 10. The van der Waals surface area contributed by atoms with E-state index in [1.807, 2.05) is 0 Å². The van der Waals surface area contributed by atoms with Crippen LogP contribution >= 0.6 is 25.3 Å². The van der Waals surface area contributed by atoms with Crippen LogP contribution < -0.4 is 16.0 Å². The zero-order valence-corrected chi connectivity index (χ0v) is 24.8. The summed E-state index contributed by atoms with van der Waals surface area (Å²) in [5.74, 6) is -3.20. The normalized spacial score (nSPS) is 27.5. The molecule has 0 radical (unpaired) electrons. The van der Waals surface area contributed by atoms with Crippen molar-refractivity contribution >= 4 is 60.8 Å². The topological polar surface area (TPSA) is 168 Å². The maximum Gasteiger partial charge on any atom is 0.326 e. The third kappa shape index (κ3) is 6.94. The summed E-state index contributed by atoms with van der Waals surface area (Å²) in [5, 5.41) is 18.0. The van der Waals surface area contributed by atoms with Crippen molar-refractivity contribution in [2.45, 2.75) is 87.6 Å². The lowest BCUT2D eigenvalue weighted by atomic mass is 10.1. The van der Waals surface area contributed by atoms with E-state index in [2.05, 4.69) is 41.2 Å². The number of aliphatic carboxylic acids is 1. The minimum absolute atomic E-state index is 0.0355. The van der Waals surface area contributed by atoms with Gasteiger partial charge < -0.3 is 35.8 Å². The summed E-state index contributed by atoms with van der Waals surface area (Å²) >= 11 is 8.49. The monoisotopic (exact) mass is 612 g/mol. The molecule has 4 fully saturated rings. The van der Waals surface area contributed by atoms with E-state index in [1.165, 1.54) is 9.80 Å². The van der Waals surface area contributed by atoms with Gasteiger partial charge in [-0.25, -0.2) is 4.79 Å². The second kappa shape index (κ2) is 14.1. The predicted molar refractivity (Wildman–Crippen MR) is 154 cm³/mol. The number of nitrogens with zero attached hydrogens (tertiary/aromatic N) is 3. The van der Waals surface area contributed by atoms with Gasteiger partial charge in [-0.05, 0) is 57.9 Å². The minimum atomic E-state index is -1.06. The summed E-state index contributed by atoms with van der Waals surface area (Å²) in [6.07, 6.45) is 4.75. The van der Waals surface area contributed by atoms with Crippen molar-refractivity contribution in [2.75, 3.05) is 37.7 Å². The fourth-order valence-corrected chi connectivity index (χ4v) is 6.79. The number of likely N-dealkylation sites (tertiary alicyclic amines) is 3. The molecule has 13 nitrogen and oxygen atoms in total. The smallest absolute Gasteiger partial charge is 0.326 e. The average Bonchev–Trinajstić information content (AvgIpc) is 3.78. The Balaban J connectivity index is 1.36. The van der Waals surface area contributed by atoms with E-state index < -0.39 is 59.8 Å². The number of carbonyl (C=O) groups excluding carboxylic acids is 5. The molecule has 4 aliphatic rings. The number of carbonyl (C=O) groups is 6. The van der Waals surface area contributed by atoms with Gasteiger partial charge in [-0.2, -0.15) is 25.3 Å². The van der Waals surface area contributed by atoms with Gasteiger partial charge in [0, 0.05) is 31.1 Å². The van der Waals surface area contributed by atoms with Crippen molar-refractivity contribution in [1.29, 1.82) is 0 Å². The van der Waals surface area contributed by atoms with Crippen LogP contribution in [0.2, 0.25) is 0 Å². The highest BCUT2D eigenvalue weighted by Gasteiger charge is 2.44. The van der Waals surface area contributed by atoms with Gasteiger partial charge in [-0.3, -0.25) is 24.0 Å². The molecule has 0 saturated carbocycles. The van der Waals surface area contributed by atoms with E-state index in [-0.39, 0.29) is 23.5 Å². The molecule has 4 heterocycles. The Bertz CT molecular complexity index is 1040. The van der Waals surface area contributed by atoms with E-state index in [1.54, 1.807) is 4.90 Å². The summed E-state index contributed by atoms with van der Waals surface area (Å²) in [4.78, 5) is 81.9. The highest BCUT2D eigenvalue weighted by molar-refractivity contribution is 7.80. The molecular formula is C26H40N6O7S2. The summed E-state index contributed by atoms with van der Waals surface area (Å²) < 4.78 is 0. The van der Waals surface area contributed by atoms with E-state index in [0.29, 0.717) is 58.2 Å². The van der Waals surface area contributed by atoms with Crippen LogP contribution in [0.15, 0.2) is 0 Å². The van der Waals surface area contributed by atoms with Crippen LogP contribution in [0.5, 0.6) is 0 Å². The fourth-order valence-electron chi connectivity index (χ4n) is 6.28. The highest BCUT2D eigenvalue weighted by atomic mass is 32.1. The molecule has 4 saturated heterocycles. The van der Waals surface area contributed by atoms with Crippen LogP contribution in [-0.2, 0) is 28.8 Å². The summed E-state index contributed by atoms with van der Waals surface area (Å²) in [5.41, 5.74) is 0. The molecule has 228 valence electrons. The number of carboxylic acid groups (broad SMARTS) is 1. The Morgan fingerprint density at radius 3 is 1.90 bits per heavy atom. The van der Waals surface area contributed by atoms with Crippen molar-refractivity contribution in [3.63, 3.8) is 0 Å². The first-order valence-electron chi connectivity index (χ1n) is 14.4. The van der Waals surface area contributed by atoms with Crippen molar-refractivity contribution in [2.24, 2.45) is 0 Å². The second-order valence-electron chi connectivity index (χ2n) is 11.0. The largest absolute Gasteiger partial charge is 0.480 e. The zero-order chi connectivity index (χ0) is 29.7. The number of thiol groups is 2. The van der Waals surface area contributed by atoms with Crippen molar-refractivity contribution < 1.29 is 33.9 Å². The molecule has 4 rings (SSSR count). The quantitative estimate of drug-likeness (QED) is 0.164. The molecule has 0 aromatic rings. The molecule has 41 heavy (non-hydrogen) atoms. The maximum atomic E-state index is 13.5. The molecule has 0 unspecified atom stereocenters. The molecule has 4 N–H and O–H groups in total. The van der Waals surface area contributed by atoms with Crippen LogP contribution in [0.1, 0.15) is 51.4 Å². The Labute approximate surface area is 250 Å². The molecule has 4 aliphatic heterocycles. The van der Waals surface area contributed by atoms with Crippen LogP contribution in [0.25, 0.3) is 0 Å². The molecular weight excluding hydrogens is 572 g/mol. The summed E-state index contributed by atoms with van der Waals surface area (Å²) in [7, 11) is 0. The number of hydrogen-bond acceptors (Lipinski definition) is 9. The molecule has 6 atom stereocenters. The summed E-state index contributed by atoms with van der Waals surface area (Å²) in [6.45, 7) is 1.87. The lowest BCUT2D eigenvalue weighted by molar-refractivity contribution is -0.152. The lowest BCUT2D eigenvalue weighted by Gasteiger charge is -2.32. The van der Waals surface area contributed by atoms with E-state index in [4.69, 9.17) is 0 Å². The molecule has 5 amide bonds. The first-order valence-corrected chi connectivity index (χ1v) is 15.6. The first kappa shape index (κ1) is 31.4. The van der Waals surface area contributed by atoms with E-state index in [0.717, 1.165) is 19.4 Å². The molecule has 0 aromatic heterocycles. The second-order valence-corrected chi connectivity index (χ2v) is 11.8. The van der Waals surface area contributed by atoms with Crippen LogP contribution in [0.3, 0.4) is 0 Å². The molecule has 0 spiro atoms. The van der Waals surface area contributed by atoms with Gasteiger partial charge in [-0.1, -0.05) is 0 Å². The van der Waals surface area contributed by atoms with Crippen molar-refractivity contribution in [3.8, 4) is 0 Å². The van der Waals surface area contributed by atoms with Crippen LogP contribution in [0.4, 0.5) is 0 Å². The van der Waals surface area contributed by atoms with Crippen molar-refractivity contribution in [1.82, 2.24) is 30.7 Å². The third-order valence-corrected chi connectivity index (χ3v) is 9.18. The molecule has 0 aromatic carbocycles. The number of nitrogens with one attached hydrogen (secondary N) is 3. The van der Waals surface area contributed by atoms with Crippen molar-refractivity contribution in [3.05, 3.63) is 0 Å². The standard InChI is InChI=1S/C26H40N6O7S2/c33-21(16(13-40)28-22(34)18-6-2-10-30(18)23(35)15-5-1-9-27-15)29-17(14-41)24(36)31-11-3-7-19(31)25(37)32-12-4-8-20(32)26(38)39/h15-20,27,40-41H,1-14H2,(H,28,34)(H,29,33)(H,38,39)/t15-,16-,17-,18-,19-,20-/m0/s1. The van der Waals surface area contributed by atoms with Crippen LogP contribution in [0, 0.1) is 0 Å². The SMILES string of the molecule is O=C(N[C@@H](CS)C(=O)N1CCC[C@H]1C(=O)N1CCC[C@H]1C(=O)O)[C@H](CS)NC(=O)[C@@H]1CCCN1C(=O)[C@@H]1CCCN1. The van der Waals surface area contributed by atoms with Gasteiger partial charge >= 0.3 is 5.97 Å². The number of amides is 5. The van der Waals surface area contributed by atoms with E-state index >= 15 is 0 Å². The molecule has 0 aliphatic carbocycles. The minimum Gasteiger partial charge on any atom is -0.480 e. The van der Waals surface area contributed by atoms with Gasteiger partial charge in [0.2, 0.25) is 29.5 Å². The fraction of sp³-hybridized carbons (Fsp3) is 0.769. The van der Waals surface area contributed by atoms with Gasteiger partial charge in [-0.15, -0.1) is 0 Å². The molecule has 15 heteroatoms. The molecule has 0 bridgehead atoms. The lowest BCUT2D eigenvalue weighted by Crippen LogP contribution is -2.59. The van der Waals surface area contributed by atoms with E-state index in [9.17, 15) is 33.9 Å². The Morgan fingerprint density at radius 2 is 1.32 bits per heavy atom. The Kier molecular flexibility index (Phi) is 10.8. The van der Waals surface area contributed by atoms with Crippen LogP contribution in [-0.4, -0.2) is 129 Å². The number of hydrogen-bond donors (Lipinski definition) is 6. The number of carboxylic acids is 1. The Morgan fingerprint density at radius 1 is 0.732 bits per heavy atom. The summed E-state index contributed by atoms with van der Waals surface area (Å²) in [6, 6.07) is -4.80. The van der Waals surface area contributed by atoms with Gasteiger partial charge in [0.15, 0.2) is 0 Å². The van der Waals surface area contributed by atoms with Gasteiger partial charge in [0.25, 0.3) is 0 Å². The Hall–Kier alpha value is -2.52. The van der Waals surface area contributed by atoms with Gasteiger partial charge in [0.05, 0.1) is 6.04 Å². The van der Waals surface area contributed by atoms with Gasteiger partial charge in [0.1, 0.15) is 30.2 Å². The highest BCUT2D eigenvalue weighted by Crippen LogP contribution is 2.26. The average molecular weight is 613 g/mol. The maximum absolute atomic E-state index is 13.5. The first-order chi connectivity index (χ1) is 19.7.